The van der Waals surface area contributed by atoms with Gasteiger partial charge in [0.15, 0.2) is 0 Å². The molecule has 3 rings (SSSR count). The highest BCUT2D eigenvalue weighted by Crippen LogP contribution is 2.19. The lowest BCUT2D eigenvalue weighted by Crippen LogP contribution is -3.13. The second-order valence-corrected chi connectivity index (χ2v) is 8.01. The van der Waals surface area contributed by atoms with Crippen LogP contribution < -0.4 is 10.6 Å². The fourth-order valence-electron chi connectivity index (χ4n) is 4.05. The molecule has 0 aliphatic carbocycles. The highest BCUT2D eigenvalue weighted by molar-refractivity contribution is 5.76. The van der Waals surface area contributed by atoms with Gasteiger partial charge in [0.25, 0.3) is 0 Å². The minimum atomic E-state index is -0.165. The standard InChI is InChI=1S/C20H30N6O/c1-15(2)14-18(25-11-9-17(10-12-25)19(21)27)20-22-23-24-26(20)13-8-16-6-4-3-5-7-16/h3-7,15,17-18H,8-14H2,1-2H3,(H2,21,27)/p+1/t18-/m0/s1. The van der Waals surface area contributed by atoms with Crippen molar-refractivity contribution in [2.24, 2.45) is 17.6 Å². The third-order valence-electron chi connectivity index (χ3n) is 5.56. The Balaban J connectivity index is 1.72. The number of aromatic nitrogens is 4. The first-order chi connectivity index (χ1) is 13.0. The highest BCUT2D eigenvalue weighted by atomic mass is 16.1. The number of benzene rings is 1. The zero-order valence-electron chi connectivity index (χ0n) is 16.3. The van der Waals surface area contributed by atoms with Crippen molar-refractivity contribution in [3.8, 4) is 0 Å². The van der Waals surface area contributed by atoms with E-state index in [1.807, 2.05) is 10.7 Å². The summed E-state index contributed by atoms with van der Waals surface area (Å²) in [6, 6.07) is 10.7. The number of hydrogen-bond acceptors (Lipinski definition) is 4. The fourth-order valence-corrected chi connectivity index (χ4v) is 4.05. The molecule has 3 N–H and O–H groups in total. The van der Waals surface area contributed by atoms with Gasteiger partial charge in [0, 0.05) is 31.7 Å². The van der Waals surface area contributed by atoms with Gasteiger partial charge in [-0.2, -0.15) is 0 Å². The number of carbonyl (C=O) groups excluding carboxylic acids is 1. The van der Waals surface area contributed by atoms with Crippen LogP contribution in [0.15, 0.2) is 30.3 Å². The van der Waals surface area contributed by atoms with Crippen molar-refractivity contribution >= 4 is 5.91 Å². The number of hydrogen-bond donors (Lipinski definition) is 2. The van der Waals surface area contributed by atoms with Crippen LogP contribution >= 0.6 is 0 Å². The van der Waals surface area contributed by atoms with Crippen molar-refractivity contribution in [1.29, 1.82) is 0 Å². The van der Waals surface area contributed by atoms with Crippen LogP contribution in [-0.2, 0) is 17.8 Å². The molecule has 2 aromatic rings. The number of nitrogens with zero attached hydrogens (tertiary/aromatic N) is 4. The molecular weight excluding hydrogens is 340 g/mol. The number of nitrogens with one attached hydrogen (secondary N) is 1. The molecule has 1 saturated heterocycles. The molecule has 0 unspecified atom stereocenters. The van der Waals surface area contributed by atoms with Gasteiger partial charge < -0.3 is 10.6 Å². The average Bonchev–Trinajstić information content (AvgIpc) is 3.13. The second-order valence-electron chi connectivity index (χ2n) is 8.01. The van der Waals surface area contributed by atoms with Crippen molar-refractivity contribution in [3.05, 3.63) is 41.7 Å². The Morgan fingerprint density at radius 3 is 2.59 bits per heavy atom. The van der Waals surface area contributed by atoms with Crippen molar-refractivity contribution in [1.82, 2.24) is 20.2 Å². The Morgan fingerprint density at radius 1 is 1.26 bits per heavy atom. The highest BCUT2D eigenvalue weighted by Gasteiger charge is 2.35. The predicted molar refractivity (Wildman–Crippen MR) is 103 cm³/mol. The van der Waals surface area contributed by atoms with Gasteiger partial charge in [-0.25, -0.2) is 4.68 Å². The summed E-state index contributed by atoms with van der Waals surface area (Å²) < 4.78 is 1.97. The van der Waals surface area contributed by atoms with Gasteiger partial charge in [-0.3, -0.25) is 4.79 Å². The van der Waals surface area contributed by atoms with Gasteiger partial charge in [-0.15, -0.1) is 5.10 Å². The molecule has 0 radical (unpaired) electrons. The predicted octanol–water partition coefficient (Wildman–Crippen LogP) is 0.783. The number of likely N-dealkylation sites (tertiary alicyclic amines) is 1. The van der Waals surface area contributed by atoms with Crippen LogP contribution in [0.4, 0.5) is 0 Å². The van der Waals surface area contributed by atoms with Crippen LogP contribution in [-0.4, -0.2) is 39.2 Å². The molecule has 146 valence electrons. The number of amides is 1. The lowest BCUT2D eigenvalue weighted by Gasteiger charge is -2.34. The van der Waals surface area contributed by atoms with Gasteiger partial charge in [0.2, 0.25) is 11.7 Å². The molecule has 0 spiro atoms. The summed E-state index contributed by atoms with van der Waals surface area (Å²) in [6.07, 6.45) is 3.64. The molecular formula is C20H31N6O+. The number of primary amides is 1. The van der Waals surface area contributed by atoms with E-state index in [9.17, 15) is 4.79 Å². The number of rotatable bonds is 8. The van der Waals surface area contributed by atoms with E-state index in [1.165, 1.54) is 10.5 Å². The van der Waals surface area contributed by atoms with Crippen LogP contribution in [0.25, 0.3) is 0 Å². The van der Waals surface area contributed by atoms with Crippen LogP contribution in [0.3, 0.4) is 0 Å². The van der Waals surface area contributed by atoms with Crippen molar-refractivity contribution < 1.29 is 9.69 Å². The summed E-state index contributed by atoms with van der Waals surface area (Å²) >= 11 is 0. The molecule has 7 nitrogen and oxygen atoms in total. The Bertz CT molecular complexity index is 721. The molecule has 1 atom stereocenters. The molecule has 1 aliphatic rings. The summed E-state index contributed by atoms with van der Waals surface area (Å²) in [6.45, 7) is 7.13. The summed E-state index contributed by atoms with van der Waals surface area (Å²) in [5.41, 5.74) is 6.78. The SMILES string of the molecule is CC(C)C[C@@H](c1nnnn1CCc1ccccc1)[NH+]1CCC(C(N)=O)CC1. The first-order valence-corrected chi connectivity index (χ1v) is 9.98. The molecule has 1 aromatic carbocycles. The van der Waals surface area contributed by atoms with E-state index in [2.05, 4.69) is 53.6 Å². The maximum atomic E-state index is 11.5. The maximum Gasteiger partial charge on any atom is 0.220 e. The monoisotopic (exact) mass is 371 g/mol. The summed E-state index contributed by atoms with van der Waals surface area (Å²) in [5, 5.41) is 12.6. The second kappa shape index (κ2) is 9.08. The van der Waals surface area contributed by atoms with Gasteiger partial charge in [0.05, 0.1) is 13.1 Å². The maximum absolute atomic E-state index is 11.5. The lowest BCUT2D eigenvalue weighted by molar-refractivity contribution is -0.938. The fraction of sp³-hybridized carbons (Fsp3) is 0.600. The first kappa shape index (κ1) is 19.5. The first-order valence-electron chi connectivity index (χ1n) is 9.98. The van der Waals surface area contributed by atoms with Gasteiger partial charge in [-0.1, -0.05) is 44.2 Å². The molecule has 7 heteroatoms. The minimum Gasteiger partial charge on any atom is -0.369 e. The number of quaternary nitrogens is 1. The Labute approximate surface area is 160 Å². The lowest BCUT2D eigenvalue weighted by atomic mass is 9.93. The molecule has 1 aromatic heterocycles. The van der Waals surface area contributed by atoms with Gasteiger partial charge in [0.1, 0.15) is 6.04 Å². The number of aryl methyl sites for hydroxylation is 2. The molecule has 1 fully saturated rings. The van der Waals surface area contributed by atoms with Crippen LogP contribution in [0.1, 0.15) is 50.5 Å². The Morgan fingerprint density at radius 2 is 1.96 bits per heavy atom. The largest absolute Gasteiger partial charge is 0.369 e. The van der Waals surface area contributed by atoms with E-state index in [0.717, 1.165) is 51.1 Å². The van der Waals surface area contributed by atoms with E-state index < -0.39 is 0 Å². The molecule has 27 heavy (non-hydrogen) atoms. The molecule has 1 aliphatic heterocycles. The Hall–Kier alpha value is -2.28. The van der Waals surface area contributed by atoms with E-state index in [0.29, 0.717) is 5.92 Å². The zero-order chi connectivity index (χ0) is 19.2. The zero-order valence-corrected chi connectivity index (χ0v) is 16.3. The quantitative estimate of drug-likeness (QED) is 0.717. The minimum absolute atomic E-state index is 0.0162. The third kappa shape index (κ3) is 5.13. The number of carbonyl (C=O) groups is 1. The number of nitrogens with two attached hydrogens (primary N) is 1. The normalized spacial score (nSPS) is 21.3. The third-order valence-corrected chi connectivity index (χ3v) is 5.56. The van der Waals surface area contributed by atoms with Crippen molar-refractivity contribution in [2.75, 3.05) is 13.1 Å². The molecule has 1 amide bonds. The smallest absolute Gasteiger partial charge is 0.220 e. The van der Waals surface area contributed by atoms with Gasteiger partial charge in [-0.05, 0) is 28.3 Å². The van der Waals surface area contributed by atoms with Crippen molar-refractivity contribution in [3.63, 3.8) is 0 Å². The number of piperidine rings is 1. The van der Waals surface area contributed by atoms with Crippen LogP contribution in [0, 0.1) is 11.8 Å². The molecule has 0 bridgehead atoms. The number of tetrazole rings is 1. The van der Waals surface area contributed by atoms with Crippen LogP contribution in [0.2, 0.25) is 0 Å². The van der Waals surface area contributed by atoms with E-state index >= 15 is 0 Å². The van der Waals surface area contributed by atoms with Gasteiger partial charge >= 0.3 is 0 Å². The van der Waals surface area contributed by atoms with E-state index in [4.69, 9.17) is 5.73 Å². The Kier molecular flexibility index (Phi) is 6.55. The topological polar surface area (TPSA) is 91.1 Å². The van der Waals surface area contributed by atoms with Crippen molar-refractivity contribution in [2.45, 2.75) is 52.1 Å². The van der Waals surface area contributed by atoms with E-state index in [-0.39, 0.29) is 17.9 Å². The average molecular weight is 372 g/mol. The summed E-state index contributed by atoms with van der Waals surface area (Å²) in [7, 11) is 0. The van der Waals surface area contributed by atoms with Crippen LogP contribution in [0.5, 0.6) is 0 Å². The summed E-state index contributed by atoms with van der Waals surface area (Å²) in [5.74, 6) is 1.37. The summed E-state index contributed by atoms with van der Waals surface area (Å²) in [4.78, 5) is 13.0. The molecule has 0 saturated carbocycles. The van der Waals surface area contributed by atoms with E-state index in [1.54, 1.807) is 0 Å². The molecule has 2 heterocycles.